The maximum absolute atomic E-state index is 13.6. The standard InChI is InChI=1S/C15H13ClFN3O2/c16-13-2-1-3-14(17)12(13)9-22-11-6-4-10(5-7-11)8-19-20-15(18)21/h1-8H,9H2,(H3,18,20,21). The zero-order valence-electron chi connectivity index (χ0n) is 11.4. The van der Waals surface area contributed by atoms with Crippen molar-refractivity contribution in [3.05, 3.63) is 64.4 Å². The van der Waals surface area contributed by atoms with Gasteiger partial charge in [-0.15, -0.1) is 0 Å². The molecule has 0 bridgehead atoms. The van der Waals surface area contributed by atoms with E-state index in [4.69, 9.17) is 22.1 Å². The minimum absolute atomic E-state index is 0.0299. The maximum Gasteiger partial charge on any atom is 0.332 e. The lowest BCUT2D eigenvalue weighted by Gasteiger charge is -2.08. The molecule has 7 heteroatoms. The van der Waals surface area contributed by atoms with Crippen molar-refractivity contribution in [3.63, 3.8) is 0 Å². The molecule has 0 spiro atoms. The van der Waals surface area contributed by atoms with Crippen LogP contribution in [0.1, 0.15) is 11.1 Å². The second-order valence-corrected chi connectivity index (χ2v) is 4.70. The number of nitrogens with two attached hydrogens (primary N) is 1. The zero-order chi connectivity index (χ0) is 15.9. The van der Waals surface area contributed by atoms with E-state index in [0.29, 0.717) is 16.3 Å². The molecule has 114 valence electrons. The first-order chi connectivity index (χ1) is 10.6. The van der Waals surface area contributed by atoms with E-state index >= 15 is 0 Å². The Kier molecular flexibility index (Phi) is 5.32. The van der Waals surface area contributed by atoms with Crippen LogP contribution < -0.4 is 15.9 Å². The van der Waals surface area contributed by atoms with Gasteiger partial charge in [-0.25, -0.2) is 14.6 Å². The Labute approximate surface area is 131 Å². The molecule has 0 saturated carbocycles. The third kappa shape index (κ3) is 4.46. The van der Waals surface area contributed by atoms with Crippen LogP contribution in [-0.2, 0) is 6.61 Å². The van der Waals surface area contributed by atoms with E-state index in [-0.39, 0.29) is 6.61 Å². The monoisotopic (exact) mass is 321 g/mol. The summed E-state index contributed by atoms with van der Waals surface area (Å²) in [5.41, 5.74) is 8.01. The summed E-state index contributed by atoms with van der Waals surface area (Å²) in [5, 5.41) is 3.95. The molecule has 0 aliphatic carbocycles. The van der Waals surface area contributed by atoms with Gasteiger partial charge in [-0.05, 0) is 42.0 Å². The van der Waals surface area contributed by atoms with Crippen LogP contribution in [0.2, 0.25) is 5.02 Å². The van der Waals surface area contributed by atoms with Gasteiger partial charge in [-0.1, -0.05) is 17.7 Å². The molecule has 0 unspecified atom stereocenters. The van der Waals surface area contributed by atoms with Crippen LogP contribution in [0.15, 0.2) is 47.6 Å². The predicted octanol–water partition coefficient (Wildman–Crippen LogP) is 3.06. The van der Waals surface area contributed by atoms with Crippen LogP contribution in [0, 0.1) is 5.82 Å². The lowest BCUT2D eigenvalue weighted by Crippen LogP contribution is -2.24. The SMILES string of the molecule is NC(=O)NN=Cc1ccc(OCc2c(F)cccc2Cl)cc1. The highest BCUT2D eigenvalue weighted by molar-refractivity contribution is 6.31. The number of halogens is 2. The van der Waals surface area contributed by atoms with Gasteiger partial charge in [0, 0.05) is 5.56 Å². The van der Waals surface area contributed by atoms with Gasteiger partial charge in [-0.3, -0.25) is 0 Å². The largest absolute Gasteiger partial charge is 0.489 e. The molecule has 0 saturated heterocycles. The van der Waals surface area contributed by atoms with Crippen LogP contribution >= 0.6 is 11.6 Å². The Hall–Kier alpha value is -2.60. The van der Waals surface area contributed by atoms with Gasteiger partial charge in [0.1, 0.15) is 18.2 Å². The van der Waals surface area contributed by atoms with E-state index in [9.17, 15) is 9.18 Å². The number of hydrazone groups is 1. The topological polar surface area (TPSA) is 76.7 Å². The summed E-state index contributed by atoms with van der Waals surface area (Å²) >= 11 is 5.92. The third-order valence-corrected chi connectivity index (χ3v) is 3.07. The Morgan fingerprint density at radius 1 is 1.32 bits per heavy atom. The van der Waals surface area contributed by atoms with Gasteiger partial charge in [0.25, 0.3) is 0 Å². The summed E-state index contributed by atoms with van der Waals surface area (Å²) in [6.07, 6.45) is 1.43. The number of amides is 2. The first kappa shape index (κ1) is 15.8. The van der Waals surface area contributed by atoms with E-state index in [1.165, 1.54) is 18.3 Å². The number of benzene rings is 2. The molecule has 2 rings (SSSR count). The van der Waals surface area contributed by atoms with Crippen molar-refractivity contribution in [1.82, 2.24) is 5.43 Å². The van der Waals surface area contributed by atoms with Crippen molar-refractivity contribution in [2.75, 3.05) is 0 Å². The van der Waals surface area contributed by atoms with Crippen molar-refractivity contribution in [2.45, 2.75) is 6.61 Å². The smallest absolute Gasteiger partial charge is 0.332 e. The second-order valence-electron chi connectivity index (χ2n) is 4.29. The van der Waals surface area contributed by atoms with Crippen molar-refractivity contribution < 1.29 is 13.9 Å². The number of carbonyl (C=O) groups is 1. The summed E-state index contributed by atoms with van der Waals surface area (Å²) in [6.45, 7) is 0.0299. The summed E-state index contributed by atoms with van der Waals surface area (Å²) in [4.78, 5) is 10.5. The first-order valence-corrected chi connectivity index (χ1v) is 6.68. The Morgan fingerprint density at radius 2 is 2.05 bits per heavy atom. The third-order valence-electron chi connectivity index (χ3n) is 2.71. The molecule has 0 radical (unpaired) electrons. The molecular formula is C15H13ClFN3O2. The summed E-state index contributed by atoms with van der Waals surface area (Å²) in [6, 6.07) is 10.6. The molecule has 22 heavy (non-hydrogen) atoms. The normalized spacial score (nSPS) is 10.6. The van der Waals surface area contributed by atoms with Gasteiger partial charge < -0.3 is 10.5 Å². The van der Waals surface area contributed by atoms with Gasteiger partial charge in [0.05, 0.1) is 11.2 Å². The molecular weight excluding hydrogens is 309 g/mol. The number of primary amides is 1. The van der Waals surface area contributed by atoms with Crippen molar-refractivity contribution in [2.24, 2.45) is 10.8 Å². The molecule has 0 fully saturated rings. The minimum Gasteiger partial charge on any atom is -0.489 e. The zero-order valence-corrected chi connectivity index (χ0v) is 12.2. The molecule has 0 aliphatic rings. The van der Waals surface area contributed by atoms with Crippen LogP contribution in [0.25, 0.3) is 0 Å². The number of rotatable bonds is 5. The van der Waals surface area contributed by atoms with Gasteiger partial charge in [-0.2, -0.15) is 5.10 Å². The quantitative estimate of drug-likeness (QED) is 0.656. The molecule has 0 atom stereocenters. The van der Waals surface area contributed by atoms with Crippen LogP contribution in [0.3, 0.4) is 0 Å². The first-order valence-electron chi connectivity index (χ1n) is 6.30. The molecule has 5 nitrogen and oxygen atoms in total. The highest BCUT2D eigenvalue weighted by Gasteiger charge is 2.07. The maximum atomic E-state index is 13.6. The van der Waals surface area contributed by atoms with Crippen LogP contribution in [-0.4, -0.2) is 12.2 Å². The molecule has 0 aromatic heterocycles. The van der Waals surface area contributed by atoms with Crippen LogP contribution in [0.4, 0.5) is 9.18 Å². The summed E-state index contributed by atoms with van der Waals surface area (Å²) in [7, 11) is 0. The van der Waals surface area contributed by atoms with Crippen molar-refractivity contribution in [1.29, 1.82) is 0 Å². The molecule has 3 N–H and O–H groups in total. The van der Waals surface area contributed by atoms with E-state index in [0.717, 1.165) is 5.56 Å². The average molecular weight is 322 g/mol. The lowest BCUT2D eigenvalue weighted by atomic mass is 10.2. The number of nitrogens with one attached hydrogen (secondary N) is 1. The molecule has 2 aromatic carbocycles. The van der Waals surface area contributed by atoms with E-state index in [2.05, 4.69) is 10.5 Å². The summed E-state index contributed by atoms with van der Waals surface area (Å²) in [5.74, 6) is 0.146. The van der Waals surface area contributed by atoms with E-state index in [1.807, 2.05) is 0 Å². The molecule has 0 heterocycles. The molecule has 2 aromatic rings. The number of ether oxygens (including phenoxy) is 1. The number of nitrogens with zero attached hydrogens (tertiary/aromatic N) is 1. The predicted molar refractivity (Wildman–Crippen MR) is 82.5 cm³/mol. The molecule has 2 amide bonds. The number of hydrogen-bond acceptors (Lipinski definition) is 3. The van der Waals surface area contributed by atoms with E-state index < -0.39 is 11.8 Å². The number of carbonyl (C=O) groups excluding carboxylic acids is 1. The molecule has 0 aliphatic heterocycles. The van der Waals surface area contributed by atoms with Gasteiger partial charge in [0.15, 0.2) is 0 Å². The van der Waals surface area contributed by atoms with Gasteiger partial charge >= 0.3 is 6.03 Å². The number of hydrogen-bond donors (Lipinski definition) is 2. The van der Waals surface area contributed by atoms with Crippen molar-refractivity contribution in [3.8, 4) is 5.75 Å². The van der Waals surface area contributed by atoms with E-state index in [1.54, 1.807) is 30.3 Å². The highest BCUT2D eigenvalue weighted by Crippen LogP contribution is 2.21. The summed E-state index contributed by atoms with van der Waals surface area (Å²) < 4.78 is 19.1. The van der Waals surface area contributed by atoms with Crippen LogP contribution in [0.5, 0.6) is 5.75 Å². The fourth-order valence-electron chi connectivity index (χ4n) is 1.65. The fraction of sp³-hybridized carbons (Fsp3) is 0.0667. The lowest BCUT2D eigenvalue weighted by molar-refractivity contribution is 0.249. The van der Waals surface area contributed by atoms with Crippen molar-refractivity contribution >= 4 is 23.8 Å². The average Bonchev–Trinajstić information content (AvgIpc) is 2.48. The Bertz CT molecular complexity index is 669. The highest BCUT2D eigenvalue weighted by atomic mass is 35.5. The second kappa shape index (κ2) is 7.42. The number of urea groups is 1. The van der Waals surface area contributed by atoms with Gasteiger partial charge in [0.2, 0.25) is 0 Å². The minimum atomic E-state index is -0.738. The fourth-order valence-corrected chi connectivity index (χ4v) is 1.86. The Morgan fingerprint density at radius 3 is 2.68 bits per heavy atom. The Balaban J connectivity index is 1.97.